The van der Waals surface area contributed by atoms with Gasteiger partial charge in [-0.2, -0.15) is 9.97 Å². The van der Waals surface area contributed by atoms with E-state index in [0.29, 0.717) is 29.4 Å². The van der Waals surface area contributed by atoms with Gasteiger partial charge in [-0.3, -0.25) is 0 Å². The van der Waals surface area contributed by atoms with Crippen LogP contribution in [0.1, 0.15) is 20.3 Å². The van der Waals surface area contributed by atoms with Crippen molar-refractivity contribution in [3.05, 3.63) is 6.07 Å². The zero-order chi connectivity index (χ0) is 16.5. The summed E-state index contributed by atoms with van der Waals surface area (Å²) >= 11 is 1.04. The van der Waals surface area contributed by atoms with Crippen LogP contribution < -0.4 is 9.47 Å². The van der Waals surface area contributed by atoms with Gasteiger partial charge in [-0.25, -0.2) is 4.79 Å². The molecule has 1 heterocycles. The van der Waals surface area contributed by atoms with Crippen molar-refractivity contribution >= 4 is 17.7 Å². The molecule has 0 radical (unpaired) electrons. The Labute approximate surface area is 134 Å². The predicted octanol–water partition coefficient (Wildman–Crippen LogP) is 2.15. The molecule has 22 heavy (non-hydrogen) atoms. The van der Waals surface area contributed by atoms with Crippen LogP contribution in [-0.4, -0.2) is 49.3 Å². The molecule has 7 nitrogen and oxygen atoms in total. The van der Waals surface area contributed by atoms with Crippen molar-refractivity contribution in [1.82, 2.24) is 9.97 Å². The van der Waals surface area contributed by atoms with Crippen LogP contribution in [0.25, 0.3) is 0 Å². The topological polar surface area (TPSA) is 79.8 Å². The van der Waals surface area contributed by atoms with Crippen molar-refractivity contribution in [3.63, 3.8) is 0 Å². The fourth-order valence-electron chi connectivity index (χ4n) is 1.40. The predicted molar refractivity (Wildman–Crippen MR) is 82.2 cm³/mol. The molecule has 0 saturated carbocycles. The summed E-state index contributed by atoms with van der Waals surface area (Å²) in [4.78, 5) is 20.3. The van der Waals surface area contributed by atoms with Gasteiger partial charge >= 0.3 is 5.97 Å². The summed E-state index contributed by atoms with van der Waals surface area (Å²) in [6.45, 7) is 4.48. The molecule has 0 spiro atoms. The van der Waals surface area contributed by atoms with Crippen molar-refractivity contribution in [3.8, 4) is 11.8 Å². The molecule has 0 aliphatic rings. The molecule has 0 aliphatic heterocycles. The minimum absolute atomic E-state index is 0.309. The second-order valence-corrected chi connectivity index (χ2v) is 5.80. The third-order valence-electron chi connectivity index (χ3n) is 2.64. The quantitative estimate of drug-likeness (QED) is 0.295. The summed E-state index contributed by atoms with van der Waals surface area (Å²) in [5, 5.41) is 0.309. The molecule has 0 bridgehead atoms. The highest BCUT2D eigenvalue weighted by Crippen LogP contribution is 2.26. The minimum Gasteiger partial charge on any atom is -0.481 e. The zero-order valence-electron chi connectivity index (χ0n) is 13.5. The number of aromatic nitrogens is 2. The lowest BCUT2D eigenvalue weighted by Crippen LogP contribution is -2.23. The van der Waals surface area contributed by atoms with Gasteiger partial charge in [0.2, 0.25) is 17.2 Å². The Morgan fingerprint density at radius 3 is 2.23 bits per heavy atom. The molecule has 0 fully saturated rings. The lowest BCUT2D eigenvalue weighted by Gasteiger charge is -2.14. The summed E-state index contributed by atoms with van der Waals surface area (Å²) in [7, 11) is 4.41. The fourth-order valence-corrected chi connectivity index (χ4v) is 2.13. The molecule has 1 aromatic heterocycles. The van der Waals surface area contributed by atoms with E-state index in [0.717, 1.165) is 18.2 Å². The van der Waals surface area contributed by atoms with E-state index in [1.54, 1.807) is 6.07 Å². The van der Waals surface area contributed by atoms with E-state index in [4.69, 9.17) is 18.9 Å². The molecule has 1 atom stereocenters. The van der Waals surface area contributed by atoms with Gasteiger partial charge in [0, 0.05) is 7.11 Å². The summed E-state index contributed by atoms with van der Waals surface area (Å²) in [5.74, 6) is 0.695. The molecular formula is C14H22N2O5S. The molecule has 1 aromatic rings. The number of rotatable bonds is 9. The van der Waals surface area contributed by atoms with Gasteiger partial charge in [0.05, 0.1) is 26.9 Å². The van der Waals surface area contributed by atoms with Crippen LogP contribution in [0.3, 0.4) is 0 Å². The van der Waals surface area contributed by atoms with Crippen molar-refractivity contribution in [1.29, 1.82) is 0 Å². The molecule has 124 valence electrons. The van der Waals surface area contributed by atoms with Gasteiger partial charge in [0.15, 0.2) is 5.16 Å². The van der Waals surface area contributed by atoms with Gasteiger partial charge in [0.1, 0.15) is 0 Å². The third-order valence-corrected chi connectivity index (χ3v) is 3.63. The number of esters is 1. The van der Waals surface area contributed by atoms with Crippen molar-refractivity contribution in [2.75, 3.05) is 27.9 Å². The van der Waals surface area contributed by atoms with Gasteiger partial charge < -0.3 is 18.9 Å². The molecule has 0 saturated heterocycles. The SMILES string of the molecule is COc1cc(OC)nc(SC(OC)C(=O)OCCC(C)C)n1. The smallest absolute Gasteiger partial charge is 0.346 e. The number of ether oxygens (including phenoxy) is 4. The number of nitrogens with zero attached hydrogens (tertiary/aromatic N) is 2. The second-order valence-electron chi connectivity index (χ2n) is 4.77. The maximum atomic E-state index is 12.0. The largest absolute Gasteiger partial charge is 0.481 e. The molecule has 0 aromatic carbocycles. The molecule has 1 unspecified atom stereocenters. The van der Waals surface area contributed by atoms with E-state index in [1.165, 1.54) is 21.3 Å². The average molecular weight is 330 g/mol. The van der Waals surface area contributed by atoms with Gasteiger partial charge in [-0.15, -0.1) is 0 Å². The van der Waals surface area contributed by atoms with Crippen molar-refractivity contribution in [2.45, 2.75) is 30.9 Å². The standard InChI is InChI=1S/C14H22N2O5S/c1-9(2)6-7-21-12(17)13(20-5)22-14-15-10(18-3)8-11(16-14)19-4/h8-9,13H,6-7H2,1-5H3. The van der Waals surface area contributed by atoms with Gasteiger partial charge in [0.25, 0.3) is 0 Å². The minimum atomic E-state index is -0.844. The number of thioether (sulfide) groups is 1. The molecule has 0 N–H and O–H groups in total. The lowest BCUT2D eigenvalue weighted by molar-refractivity contribution is -0.150. The monoisotopic (exact) mass is 330 g/mol. The molecular weight excluding hydrogens is 308 g/mol. The lowest BCUT2D eigenvalue weighted by atomic mass is 10.1. The highest BCUT2D eigenvalue weighted by molar-refractivity contribution is 8.00. The summed E-state index contributed by atoms with van der Waals surface area (Å²) < 4.78 is 20.5. The van der Waals surface area contributed by atoms with Gasteiger partial charge in [-0.1, -0.05) is 13.8 Å². The molecule has 0 amide bonds. The molecule has 1 rings (SSSR count). The fraction of sp³-hybridized carbons (Fsp3) is 0.643. The third kappa shape index (κ3) is 6.07. The Balaban J connectivity index is 2.70. The van der Waals surface area contributed by atoms with Crippen molar-refractivity contribution in [2.24, 2.45) is 5.92 Å². The van der Waals surface area contributed by atoms with Crippen LogP contribution >= 0.6 is 11.8 Å². The zero-order valence-corrected chi connectivity index (χ0v) is 14.3. The first-order valence-electron chi connectivity index (χ1n) is 6.83. The van der Waals surface area contributed by atoms with Crippen LogP contribution in [0.4, 0.5) is 0 Å². The maximum absolute atomic E-state index is 12.0. The molecule has 0 aliphatic carbocycles. The van der Waals surface area contributed by atoms with E-state index in [9.17, 15) is 4.79 Å². The van der Waals surface area contributed by atoms with E-state index < -0.39 is 11.4 Å². The summed E-state index contributed by atoms with van der Waals surface area (Å²) in [6, 6.07) is 1.55. The Kier molecular flexibility index (Phi) is 7.97. The van der Waals surface area contributed by atoms with E-state index in [1.807, 2.05) is 0 Å². The Morgan fingerprint density at radius 2 is 1.77 bits per heavy atom. The van der Waals surface area contributed by atoms with Crippen LogP contribution in [0.15, 0.2) is 11.2 Å². The number of hydrogen-bond donors (Lipinski definition) is 0. The first kappa shape index (κ1) is 18.5. The van der Waals surface area contributed by atoms with Gasteiger partial charge in [-0.05, 0) is 24.1 Å². The first-order chi connectivity index (χ1) is 10.5. The van der Waals surface area contributed by atoms with Crippen LogP contribution in [-0.2, 0) is 14.3 Å². The Hall–Kier alpha value is -1.54. The molecule has 8 heteroatoms. The summed E-state index contributed by atoms with van der Waals surface area (Å²) in [5.41, 5.74) is -0.844. The van der Waals surface area contributed by atoms with E-state index in [2.05, 4.69) is 23.8 Å². The number of carbonyl (C=O) groups excluding carboxylic acids is 1. The Bertz CT molecular complexity index is 462. The van der Waals surface area contributed by atoms with E-state index >= 15 is 0 Å². The number of hydrogen-bond acceptors (Lipinski definition) is 8. The van der Waals surface area contributed by atoms with Crippen molar-refractivity contribution < 1.29 is 23.7 Å². The first-order valence-corrected chi connectivity index (χ1v) is 7.71. The van der Waals surface area contributed by atoms with Crippen LogP contribution in [0, 0.1) is 5.92 Å². The van der Waals surface area contributed by atoms with Crippen LogP contribution in [0.2, 0.25) is 0 Å². The average Bonchev–Trinajstić information content (AvgIpc) is 2.51. The normalized spacial score (nSPS) is 12.1. The Morgan fingerprint density at radius 1 is 1.18 bits per heavy atom. The summed E-state index contributed by atoms with van der Waals surface area (Å²) in [6.07, 6.45) is 0.802. The highest BCUT2D eigenvalue weighted by Gasteiger charge is 2.23. The number of carbonyl (C=O) groups is 1. The van der Waals surface area contributed by atoms with E-state index in [-0.39, 0.29) is 0 Å². The maximum Gasteiger partial charge on any atom is 0.346 e. The second kappa shape index (κ2) is 9.47. The van der Waals surface area contributed by atoms with Crippen LogP contribution in [0.5, 0.6) is 11.8 Å². The highest BCUT2D eigenvalue weighted by atomic mass is 32.2. The number of methoxy groups -OCH3 is 3.